The van der Waals surface area contributed by atoms with Crippen molar-refractivity contribution in [2.45, 2.75) is 13.1 Å². The fourth-order valence-corrected chi connectivity index (χ4v) is 4.42. The standard InChI is InChI=1S/C19H12F3N3OS2/c1-10-2-7-13-14(8-10)28-18(25-13)11-3-5-12(6-4-11)24-17(26)15-16(19(20,21)22)23-9-27-15/h2-9H,1H3,(H,24,26). The zero-order valence-electron chi connectivity index (χ0n) is 14.4. The summed E-state index contributed by atoms with van der Waals surface area (Å²) in [7, 11) is 0. The predicted octanol–water partition coefficient (Wildman–Crippen LogP) is 6.00. The molecule has 142 valence electrons. The average molecular weight is 419 g/mol. The van der Waals surface area contributed by atoms with Crippen molar-refractivity contribution in [3.63, 3.8) is 0 Å². The molecule has 0 unspecified atom stereocenters. The van der Waals surface area contributed by atoms with E-state index in [2.05, 4.69) is 21.4 Å². The van der Waals surface area contributed by atoms with E-state index in [0.717, 1.165) is 31.9 Å². The third-order valence-corrected chi connectivity index (χ3v) is 5.87. The molecule has 0 saturated carbocycles. The van der Waals surface area contributed by atoms with Crippen LogP contribution in [0.4, 0.5) is 18.9 Å². The second-order valence-electron chi connectivity index (χ2n) is 6.05. The Morgan fingerprint density at radius 1 is 1.11 bits per heavy atom. The van der Waals surface area contributed by atoms with Crippen LogP contribution in [0.5, 0.6) is 0 Å². The van der Waals surface area contributed by atoms with Gasteiger partial charge in [-0.1, -0.05) is 6.07 Å². The molecule has 1 amide bonds. The van der Waals surface area contributed by atoms with Crippen LogP contribution in [0.3, 0.4) is 0 Å². The zero-order valence-corrected chi connectivity index (χ0v) is 16.0. The van der Waals surface area contributed by atoms with Crippen LogP contribution in [0.1, 0.15) is 20.9 Å². The number of fused-ring (bicyclic) bond motifs is 1. The summed E-state index contributed by atoms with van der Waals surface area (Å²) < 4.78 is 39.8. The van der Waals surface area contributed by atoms with Gasteiger partial charge in [0.15, 0.2) is 5.69 Å². The van der Waals surface area contributed by atoms with Crippen LogP contribution in [0, 0.1) is 6.92 Å². The number of thiazole rings is 2. The molecule has 4 aromatic rings. The van der Waals surface area contributed by atoms with Crippen molar-refractivity contribution >= 4 is 44.5 Å². The number of nitrogens with zero attached hydrogens (tertiary/aromatic N) is 2. The minimum absolute atomic E-state index is 0.396. The minimum Gasteiger partial charge on any atom is -0.321 e. The van der Waals surface area contributed by atoms with Crippen molar-refractivity contribution < 1.29 is 18.0 Å². The van der Waals surface area contributed by atoms with Gasteiger partial charge in [0.2, 0.25) is 0 Å². The summed E-state index contributed by atoms with van der Waals surface area (Å²) in [5, 5.41) is 3.32. The summed E-state index contributed by atoms with van der Waals surface area (Å²) >= 11 is 2.21. The Morgan fingerprint density at radius 3 is 2.57 bits per heavy atom. The number of carbonyl (C=O) groups is 1. The molecule has 0 saturated heterocycles. The van der Waals surface area contributed by atoms with E-state index in [0.29, 0.717) is 17.0 Å². The lowest BCUT2D eigenvalue weighted by atomic mass is 10.2. The first kappa shape index (κ1) is 18.6. The van der Waals surface area contributed by atoms with Gasteiger partial charge in [-0.3, -0.25) is 4.79 Å². The Labute approximate surface area is 165 Å². The van der Waals surface area contributed by atoms with E-state index in [4.69, 9.17) is 0 Å². The first-order chi connectivity index (χ1) is 13.3. The molecule has 0 aliphatic carbocycles. The SMILES string of the molecule is Cc1ccc2nc(-c3ccc(NC(=O)c4scnc4C(F)(F)F)cc3)sc2c1. The van der Waals surface area contributed by atoms with Gasteiger partial charge in [0.25, 0.3) is 5.91 Å². The van der Waals surface area contributed by atoms with E-state index in [9.17, 15) is 18.0 Å². The van der Waals surface area contributed by atoms with Crippen molar-refractivity contribution in [3.8, 4) is 10.6 Å². The lowest BCUT2D eigenvalue weighted by molar-refractivity contribution is -0.141. The largest absolute Gasteiger partial charge is 0.434 e. The van der Waals surface area contributed by atoms with Gasteiger partial charge in [0.05, 0.1) is 15.7 Å². The van der Waals surface area contributed by atoms with E-state index in [1.54, 1.807) is 35.6 Å². The molecule has 0 aliphatic rings. The summed E-state index contributed by atoms with van der Waals surface area (Å²) in [6.07, 6.45) is -4.66. The second-order valence-corrected chi connectivity index (χ2v) is 7.93. The molecule has 0 bridgehead atoms. The molecule has 0 fully saturated rings. The first-order valence-electron chi connectivity index (χ1n) is 8.11. The van der Waals surface area contributed by atoms with Gasteiger partial charge in [-0.2, -0.15) is 13.2 Å². The Kier molecular flexibility index (Phi) is 4.64. The van der Waals surface area contributed by atoms with Gasteiger partial charge in [-0.15, -0.1) is 22.7 Å². The van der Waals surface area contributed by atoms with E-state index in [-0.39, 0.29) is 0 Å². The Hall–Kier alpha value is -2.78. The van der Waals surface area contributed by atoms with E-state index in [1.807, 2.05) is 19.1 Å². The number of anilines is 1. The minimum atomic E-state index is -4.66. The van der Waals surface area contributed by atoms with Crippen LogP contribution >= 0.6 is 22.7 Å². The van der Waals surface area contributed by atoms with Gasteiger partial charge in [0, 0.05) is 11.3 Å². The average Bonchev–Trinajstić information content (AvgIpc) is 3.28. The van der Waals surface area contributed by atoms with Crippen molar-refractivity contribution in [1.82, 2.24) is 9.97 Å². The smallest absolute Gasteiger partial charge is 0.321 e. The van der Waals surface area contributed by atoms with Crippen LogP contribution in [-0.4, -0.2) is 15.9 Å². The summed E-state index contributed by atoms with van der Waals surface area (Å²) in [6.45, 7) is 2.02. The number of hydrogen-bond donors (Lipinski definition) is 1. The molecule has 2 heterocycles. The van der Waals surface area contributed by atoms with Gasteiger partial charge < -0.3 is 5.32 Å². The third-order valence-electron chi connectivity index (χ3n) is 3.98. The number of halogens is 3. The maximum atomic E-state index is 12.9. The molecule has 0 spiro atoms. The molecule has 4 nitrogen and oxygen atoms in total. The maximum absolute atomic E-state index is 12.9. The third kappa shape index (κ3) is 3.63. The summed E-state index contributed by atoms with van der Waals surface area (Å²) in [4.78, 5) is 19.6. The fourth-order valence-electron chi connectivity index (χ4n) is 2.65. The van der Waals surface area contributed by atoms with Crippen molar-refractivity contribution in [3.05, 3.63) is 64.1 Å². The predicted molar refractivity (Wildman–Crippen MR) is 105 cm³/mol. The zero-order chi connectivity index (χ0) is 19.9. The van der Waals surface area contributed by atoms with E-state index >= 15 is 0 Å². The molecule has 4 rings (SSSR count). The number of nitrogens with one attached hydrogen (secondary N) is 1. The molecule has 2 aromatic heterocycles. The number of aryl methyl sites for hydroxylation is 1. The molecule has 2 aromatic carbocycles. The Balaban J connectivity index is 1.55. The quantitative estimate of drug-likeness (QED) is 0.443. The Morgan fingerprint density at radius 2 is 1.86 bits per heavy atom. The van der Waals surface area contributed by atoms with Gasteiger partial charge in [-0.25, -0.2) is 9.97 Å². The topological polar surface area (TPSA) is 54.9 Å². The molecule has 28 heavy (non-hydrogen) atoms. The van der Waals surface area contributed by atoms with Gasteiger partial charge in [0.1, 0.15) is 9.88 Å². The lowest BCUT2D eigenvalue weighted by Gasteiger charge is -2.08. The van der Waals surface area contributed by atoms with Crippen LogP contribution in [0.2, 0.25) is 0 Å². The molecule has 9 heteroatoms. The summed E-state index contributed by atoms with van der Waals surface area (Å²) in [5.41, 5.74) is 3.17. The molecule has 0 radical (unpaired) electrons. The Bertz CT molecular complexity index is 1160. The number of hydrogen-bond acceptors (Lipinski definition) is 5. The number of carbonyl (C=O) groups excluding carboxylic acids is 1. The molecular weight excluding hydrogens is 407 g/mol. The molecule has 1 N–H and O–H groups in total. The highest BCUT2D eigenvalue weighted by Crippen LogP contribution is 2.34. The number of rotatable bonds is 3. The van der Waals surface area contributed by atoms with Gasteiger partial charge in [-0.05, 0) is 48.9 Å². The van der Waals surface area contributed by atoms with Crippen molar-refractivity contribution in [2.24, 2.45) is 0 Å². The number of aromatic nitrogens is 2. The summed E-state index contributed by atoms with van der Waals surface area (Å²) in [5.74, 6) is -0.835. The van der Waals surface area contributed by atoms with Crippen molar-refractivity contribution in [1.29, 1.82) is 0 Å². The number of alkyl halides is 3. The van der Waals surface area contributed by atoms with E-state index in [1.165, 1.54) is 0 Å². The fraction of sp³-hybridized carbons (Fsp3) is 0.105. The highest BCUT2D eigenvalue weighted by Gasteiger charge is 2.38. The van der Waals surface area contributed by atoms with Crippen LogP contribution in [-0.2, 0) is 6.18 Å². The lowest BCUT2D eigenvalue weighted by Crippen LogP contribution is -2.17. The monoisotopic (exact) mass is 419 g/mol. The van der Waals surface area contributed by atoms with Crippen LogP contribution in [0.25, 0.3) is 20.8 Å². The maximum Gasteiger partial charge on any atom is 0.434 e. The van der Waals surface area contributed by atoms with Crippen LogP contribution < -0.4 is 5.32 Å². The molecular formula is C19H12F3N3OS2. The highest BCUT2D eigenvalue weighted by atomic mass is 32.1. The first-order valence-corrected chi connectivity index (χ1v) is 9.80. The molecule has 0 atom stereocenters. The van der Waals surface area contributed by atoms with Crippen LogP contribution in [0.15, 0.2) is 48.0 Å². The molecule has 0 aliphatic heterocycles. The van der Waals surface area contributed by atoms with Crippen molar-refractivity contribution in [2.75, 3.05) is 5.32 Å². The van der Waals surface area contributed by atoms with Gasteiger partial charge >= 0.3 is 6.18 Å². The van der Waals surface area contributed by atoms with E-state index < -0.39 is 22.7 Å². The number of amides is 1. The second kappa shape index (κ2) is 6.99. The highest BCUT2D eigenvalue weighted by molar-refractivity contribution is 7.21. The normalized spacial score (nSPS) is 11.7. The number of benzene rings is 2. The summed E-state index contributed by atoms with van der Waals surface area (Å²) in [6, 6.07) is 12.9.